The van der Waals surface area contributed by atoms with Crippen LogP contribution in [0.5, 0.6) is 0 Å². The molecule has 32 heteroatoms. The molecule has 11 atom stereocenters. The van der Waals surface area contributed by atoms with E-state index < -0.39 is 96.9 Å². The molecular weight excluding hydrogens is 837 g/mol. The molecule has 0 radical (unpaired) electrons. The summed E-state index contributed by atoms with van der Waals surface area (Å²) in [6, 6.07) is 0. The normalized spacial score (nSPS) is 28.5. The van der Waals surface area contributed by atoms with E-state index in [0.29, 0.717) is 0 Å². The third kappa shape index (κ3) is 9.19. The molecule has 57 heavy (non-hydrogen) atoms. The highest BCUT2D eigenvalue weighted by Crippen LogP contribution is 2.63. The summed E-state index contributed by atoms with van der Waals surface area (Å²) in [6.45, 7) is -2.26. The van der Waals surface area contributed by atoms with Crippen LogP contribution in [0.3, 0.4) is 0 Å². The SMILES string of the molecule is COCCO[C@H]1C([n+]2cn(C)c3c(=O)[nH]c(N)nc32)O[C@H](COP(=O)([O-])OP(=O)([O-])OP(=O)([O-])OCC2O[C@@H](n3cnc4c(=O)[nH]c(N)nc43)[C@H](OC)[C@@H]2O)[C@H]1O. The van der Waals surface area contributed by atoms with E-state index in [1.54, 1.807) is 0 Å². The Bertz CT molecular complexity index is 2370. The molecule has 316 valence electrons. The third-order valence-electron chi connectivity index (χ3n) is 8.48. The molecule has 6 rings (SSSR count). The van der Waals surface area contributed by atoms with Crippen molar-refractivity contribution >= 4 is 57.7 Å². The monoisotopic (exact) mass is 872 g/mol. The van der Waals surface area contributed by atoms with Gasteiger partial charge in [0, 0.05) is 14.2 Å². The second-order valence-electron chi connectivity index (χ2n) is 12.3. The number of nitrogens with one attached hydrogen (secondary N) is 2. The van der Waals surface area contributed by atoms with Gasteiger partial charge in [0.25, 0.3) is 40.5 Å². The Morgan fingerprint density at radius 1 is 0.895 bits per heavy atom. The molecule has 2 aliphatic heterocycles. The number of imidazole rings is 2. The molecule has 4 aromatic rings. The van der Waals surface area contributed by atoms with E-state index in [9.17, 15) is 48.2 Å². The topological polar surface area (TPSA) is 414 Å². The number of nitrogens with two attached hydrogens (primary N) is 2. The molecule has 29 nitrogen and oxygen atoms in total. The number of aromatic amines is 2. The Hall–Kier alpha value is -3.57. The van der Waals surface area contributed by atoms with Crippen LogP contribution < -0.4 is 41.8 Å². The number of aliphatic hydroxyl groups is 2. The molecule has 0 amide bonds. The minimum Gasteiger partial charge on any atom is -0.756 e. The van der Waals surface area contributed by atoms with Gasteiger partial charge in [-0.25, -0.2) is 18.2 Å². The van der Waals surface area contributed by atoms with Crippen molar-refractivity contribution in [2.24, 2.45) is 7.05 Å². The summed E-state index contributed by atoms with van der Waals surface area (Å²) in [7, 11) is -14.3. The number of hydrogen-bond donors (Lipinski definition) is 6. The summed E-state index contributed by atoms with van der Waals surface area (Å²) in [5, 5.41) is 21.8. The van der Waals surface area contributed by atoms with Crippen LogP contribution in [-0.2, 0) is 62.1 Å². The molecule has 8 N–H and O–H groups in total. The average molecular weight is 873 g/mol. The van der Waals surface area contributed by atoms with Crippen LogP contribution in [0.15, 0.2) is 22.2 Å². The number of ether oxygens (including phenoxy) is 5. The largest absolute Gasteiger partial charge is 0.756 e. The molecule has 0 aromatic carbocycles. The van der Waals surface area contributed by atoms with Crippen LogP contribution in [-0.4, -0.2) is 122 Å². The lowest BCUT2D eigenvalue weighted by molar-refractivity contribution is -0.746. The minimum absolute atomic E-state index is 0.00995. The lowest BCUT2D eigenvalue weighted by Crippen LogP contribution is -2.47. The van der Waals surface area contributed by atoms with Gasteiger partial charge in [-0.3, -0.25) is 42.4 Å². The zero-order chi connectivity index (χ0) is 41.6. The van der Waals surface area contributed by atoms with Crippen LogP contribution >= 0.6 is 23.5 Å². The molecule has 2 saturated heterocycles. The summed E-state index contributed by atoms with van der Waals surface area (Å²) in [5.41, 5.74) is 9.80. The molecular formula is C25H35N10O19P3-2. The first-order chi connectivity index (χ1) is 26.7. The van der Waals surface area contributed by atoms with Crippen molar-refractivity contribution in [1.82, 2.24) is 34.1 Å². The van der Waals surface area contributed by atoms with Gasteiger partial charge in [0.2, 0.25) is 17.7 Å². The number of nitrogens with zero attached hydrogens (tertiary/aromatic N) is 6. The van der Waals surface area contributed by atoms with Crippen LogP contribution in [0.4, 0.5) is 11.9 Å². The van der Waals surface area contributed by atoms with E-state index in [1.807, 2.05) is 0 Å². The van der Waals surface area contributed by atoms with Crippen LogP contribution in [0, 0.1) is 0 Å². The van der Waals surface area contributed by atoms with E-state index in [2.05, 4.69) is 42.6 Å². The minimum atomic E-state index is -6.37. The van der Waals surface area contributed by atoms with Gasteiger partial charge in [-0.2, -0.15) is 4.98 Å². The van der Waals surface area contributed by atoms with Crippen LogP contribution in [0.1, 0.15) is 12.5 Å². The predicted octanol–water partition coefficient (Wildman–Crippen LogP) is -5.12. The van der Waals surface area contributed by atoms with Gasteiger partial charge in [-0.05, 0) is 0 Å². The molecule has 2 fully saturated rings. The Morgan fingerprint density at radius 3 is 2.12 bits per heavy atom. The number of methoxy groups -OCH3 is 2. The number of aliphatic hydroxyl groups excluding tert-OH is 2. The van der Waals surface area contributed by atoms with E-state index in [4.69, 9.17) is 35.2 Å². The van der Waals surface area contributed by atoms with E-state index in [-0.39, 0.29) is 47.4 Å². The smallest absolute Gasteiger partial charge is 0.313 e. The number of phosphoric acid groups is 3. The quantitative estimate of drug-likeness (QED) is 0.0328. The van der Waals surface area contributed by atoms with E-state index in [0.717, 1.165) is 6.33 Å². The van der Waals surface area contributed by atoms with Crippen molar-refractivity contribution in [2.75, 3.05) is 52.1 Å². The maximum Gasteiger partial charge on any atom is 0.313 e. The van der Waals surface area contributed by atoms with Gasteiger partial charge in [0.05, 0.1) is 39.8 Å². The number of phosphoric ester groups is 2. The van der Waals surface area contributed by atoms with Crippen molar-refractivity contribution in [3.05, 3.63) is 33.4 Å². The van der Waals surface area contributed by atoms with Gasteiger partial charge in [-0.15, -0.1) is 0 Å². The number of nitrogen functional groups attached to an aromatic ring is 2. The van der Waals surface area contributed by atoms with Gasteiger partial charge in [0.15, 0.2) is 23.7 Å². The van der Waals surface area contributed by atoms with Crippen molar-refractivity contribution in [1.29, 1.82) is 0 Å². The fourth-order valence-electron chi connectivity index (χ4n) is 6.08. The number of rotatable bonds is 17. The average Bonchev–Trinajstić information content (AvgIpc) is 3.84. The second-order valence-corrected chi connectivity index (χ2v) is 16.8. The summed E-state index contributed by atoms with van der Waals surface area (Å²) < 4.78 is 85.7. The zero-order valence-corrected chi connectivity index (χ0v) is 32.3. The standard InChI is InChI=1S/C25H37N10O19P3/c1-33-9-35(19-13(33)21(39)32-25(27)30-19)23-17(48-5-4-46-2)15(37)11(52-23)7-50-56(42,43)54-57(44,45)53-55(40,41)49-6-10-14(36)16(47-3)22(51-10)34-8-28-12-18(34)29-24(26)31-20(12)38/h8-11,14-17,22-23,36-37H,4-7H2,1-3H3,(H8-,26,27,29,30,31,32,38,39,40,41,42,43,44,45)/p-2/t10?,11-,14-,15-,16-,17-,22-,23?/m1/s1. The third-order valence-corrected chi connectivity index (χ3v) is 12.6. The Kier molecular flexibility index (Phi) is 12.5. The number of anilines is 2. The zero-order valence-electron chi connectivity index (χ0n) is 29.6. The number of hydrogen-bond acceptors (Lipinski definition) is 24. The summed E-state index contributed by atoms with van der Waals surface area (Å²) in [4.78, 5) is 78.8. The highest BCUT2D eigenvalue weighted by molar-refractivity contribution is 7.65. The molecule has 0 bridgehead atoms. The van der Waals surface area contributed by atoms with Crippen molar-refractivity contribution < 1.29 is 84.5 Å². The predicted molar refractivity (Wildman–Crippen MR) is 178 cm³/mol. The maximum atomic E-state index is 12.6. The van der Waals surface area contributed by atoms with Crippen molar-refractivity contribution in [3.8, 4) is 0 Å². The van der Waals surface area contributed by atoms with Gasteiger partial charge >= 0.3 is 5.65 Å². The van der Waals surface area contributed by atoms with Gasteiger partial charge in [0.1, 0.15) is 36.6 Å². The Balaban J connectivity index is 1.08. The molecule has 4 aromatic heterocycles. The van der Waals surface area contributed by atoms with Crippen molar-refractivity contribution in [2.45, 2.75) is 49.1 Å². The van der Waals surface area contributed by atoms with Gasteiger partial charge < -0.3 is 69.1 Å². The van der Waals surface area contributed by atoms with E-state index in [1.165, 1.54) is 41.3 Å². The number of fused-ring (bicyclic) bond motifs is 2. The number of aryl methyl sites for hydroxylation is 1. The van der Waals surface area contributed by atoms with Crippen LogP contribution in [0.2, 0.25) is 0 Å². The number of aromatic nitrogens is 8. The molecule has 0 spiro atoms. The molecule has 0 aliphatic carbocycles. The lowest BCUT2D eigenvalue weighted by Gasteiger charge is -2.34. The van der Waals surface area contributed by atoms with Gasteiger partial charge in [-0.1, -0.05) is 4.98 Å². The highest BCUT2D eigenvalue weighted by atomic mass is 31.3. The fourth-order valence-corrected chi connectivity index (χ4v) is 9.47. The summed E-state index contributed by atoms with van der Waals surface area (Å²) >= 11 is 0. The first-order valence-electron chi connectivity index (χ1n) is 16.2. The molecule has 6 heterocycles. The van der Waals surface area contributed by atoms with E-state index >= 15 is 0 Å². The molecule has 5 unspecified atom stereocenters. The summed E-state index contributed by atoms with van der Waals surface area (Å²) in [5.74, 6) is -0.538. The Labute approximate surface area is 317 Å². The maximum absolute atomic E-state index is 12.6. The first kappa shape index (κ1) is 43.0. The second kappa shape index (κ2) is 16.6. The fraction of sp³-hybridized carbons (Fsp3) is 0.600. The molecule has 2 aliphatic rings. The molecule has 0 saturated carbocycles. The lowest BCUT2D eigenvalue weighted by atomic mass is 10.1. The first-order valence-corrected chi connectivity index (χ1v) is 20.6. The summed E-state index contributed by atoms with van der Waals surface area (Å²) in [6.07, 6.45) is -9.11. The number of H-pyrrole nitrogens is 2. The van der Waals surface area contributed by atoms with Crippen LogP contribution in [0.25, 0.3) is 22.3 Å². The highest BCUT2D eigenvalue weighted by Gasteiger charge is 2.50. The Morgan fingerprint density at radius 2 is 1.49 bits per heavy atom. The van der Waals surface area contributed by atoms with Crippen molar-refractivity contribution in [3.63, 3.8) is 0 Å².